The smallest absolute Gasteiger partial charge is 0.0223 e. The Morgan fingerprint density at radius 2 is 1.78 bits per heavy atom. The Hall–Kier alpha value is -0.120. The maximum atomic E-state index is 6.30. The van der Waals surface area contributed by atoms with Crippen LogP contribution in [0.1, 0.15) is 44.9 Å². The number of fused-ring (bicyclic) bond motifs is 2. The van der Waals surface area contributed by atoms with Crippen LogP contribution in [0.5, 0.6) is 0 Å². The van der Waals surface area contributed by atoms with Gasteiger partial charge in [0.05, 0.1) is 0 Å². The van der Waals surface area contributed by atoms with Gasteiger partial charge in [0.1, 0.15) is 0 Å². The number of likely N-dealkylation sites (tertiary alicyclic amines) is 1. The molecule has 2 bridgehead atoms. The highest BCUT2D eigenvalue weighted by Crippen LogP contribution is 2.30. The van der Waals surface area contributed by atoms with Crippen LogP contribution in [0.3, 0.4) is 0 Å². The summed E-state index contributed by atoms with van der Waals surface area (Å²) in [6.45, 7) is 3.85. The van der Waals surface area contributed by atoms with E-state index >= 15 is 0 Å². The molecule has 3 rings (SSSR count). The highest BCUT2D eigenvalue weighted by Gasteiger charge is 2.35. The monoisotopic (exact) mass is 251 g/mol. The standard InChI is InChI=1S/C15H29N3/c1-17-13-6-7-14(17)11-18(9-8-13)10-12-4-2-3-5-15(12)16/h12-15H,2-11,16H2,1H3. The zero-order valence-electron chi connectivity index (χ0n) is 11.9. The molecule has 3 aliphatic rings. The van der Waals surface area contributed by atoms with Gasteiger partial charge in [0, 0.05) is 31.2 Å². The molecule has 2 N–H and O–H groups in total. The first-order chi connectivity index (χ1) is 8.74. The Balaban J connectivity index is 1.56. The molecule has 0 spiro atoms. The molecule has 4 unspecified atom stereocenters. The van der Waals surface area contributed by atoms with Crippen molar-refractivity contribution in [2.45, 2.75) is 63.1 Å². The van der Waals surface area contributed by atoms with Crippen LogP contribution < -0.4 is 5.73 Å². The van der Waals surface area contributed by atoms with Crippen molar-refractivity contribution in [2.75, 3.05) is 26.7 Å². The second kappa shape index (κ2) is 5.48. The summed E-state index contributed by atoms with van der Waals surface area (Å²) in [5.41, 5.74) is 6.30. The molecule has 3 fully saturated rings. The summed E-state index contributed by atoms with van der Waals surface area (Å²) in [5, 5.41) is 0. The number of nitrogens with two attached hydrogens (primary N) is 1. The second-order valence-electron chi connectivity index (χ2n) is 6.81. The minimum absolute atomic E-state index is 0.469. The molecule has 0 radical (unpaired) electrons. The topological polar surface area (TPSA) is 32.5 Å². The van der Waals surface area contributed by atoms with Gasteiger partial charge in [-0.15, -0.1) is 0 Å². The van der Waals surface area contributed by atoms with Gasteiger partial charge in [-0.3, -0.25) is 4.90 Å². The van der Waals surface area contributed by atoms with Crippen molar-refractivity contribution in [2.24, 2.45) is 11.7 Å². The Morgan fingerprint density at radius 3 is 2.61 bits per heavy atom. The summed E-state index contributed by atoms with van der Waals surface area (Å²) in [6.07, 6.45) is 9.58. The van der Waals surface area contributed by atoms with E-state index in [2.05, 4.69) is 16.8 Å². The second-order valence-corrected chi connectivity index (χ2v) is 6.81. The van der Waals surface area contributed by atoms with E-state index < -0.39 is 0 Å². The third-order valence-electron chi connectivity index (χ3n) is 5.69. The fourth-order valence-corrected chi connectivity index (χ4v) is 4.34. The van der Waals surface area contributed by atoms with Gasteiger partial charge in [0.2, 0.25) is 0 Å². The molecule has 0 aromatic carbocycles. The predicted molar refractivity (Wildman–Crippen MR) is 75.6 cm³/mol. The van der Waals surface area contributed by atoms with Crippen LogP contribution in [-0.4, -0.2) is 54.6 Å². The summed E-state index contributed by atoms with van der Waals surface area (Å²) >= 11 is 0. The first-order valence-electron chi connectivity index (χ1n) is 7.94. The highest BCUT2D eigenvalue weighted by atomic mass is 15.3. The third kappa shape index (κ3) is 2.59. The molecule has 0 aromatic rings. The minimum atomic E-state index is 0.469. The minimum Gasteiger partial charge on any atom is -0.327 e. The molecular weight excluding hydrogens is 222 g/mol. The average molecular weight is 251 g/mol. The van der Waals surface area contributed by atoms with Crippen molar-refractivity contribution in [1.82, 2.24) is 9.80 Å². The van der Waals surface area contributed by atoms with Crippen LogP contribution in [0.15, 0.2) is 0 Å². The molecule has 1 saturated carbocycles. The molecule has 3 nitrogen and oxygen atoms in total. The van der Waals surface area contributed by atoms with Gasteiger partial charge in [-0.1, -0.05) is 12.8 Å². The van der Waals surface area contributed by atoms with Gasteiger partial charge in [0.25, 0.3) is 0 Å². The predicted octanol–water partition coefficient (Wildman–Crippen LogP) is 1.67. The molecule has 3 heteroatoms. The fourth-order valence-electron chi connectivity index (χ4n) is 4.34. The lowest BCUT2D eigenvalue weighted by Gasteiger charge is -2.34. The van der Waals surface area contributed by atoms with Gasteiger partial charge in [-0.05, 0) is 51.6 Å². The first kappa shape index (κ1) is 12.9. The first-order valence-corrected chi connectivity index (χ1v) is 7.94. The van der Waals surface area contributed by atoms with E-state index in [4.69, 9.17) is 5.73 Å². The highest BCUT2D eigenvalue weighted by molar-refractivity contribution is 4.92. The van der Waals surface area contributed by atoms with E-state index in [-0.39, 0.29) is 0 Å². The van der Waals surface area contributed by atoms with Gasteiger partial charge in [0.15, 0.2) is 0 Å². The number of hydrogen-bond donors (Lipinski definition) is 1. The maximum Gasteiger partial charge on any atom is 0.0223 e. The van der Waals surface area contributed by atoms with Gasteiger partial charge in [-0.25, -0.2) is 0 Å². The molecule has 2 heterocycles. The van der Waals surface area contributed by atoms with Crippen LogP contribution in [0.25, 0.3) is 0 Å². The molecule has 2 saturated heterocycles. The van der Waals surface area contributed by atoms with Gasteiger partial charge < -0.3 is 10.6 Å². The van der Waals surface area contributed by atoms with E-state index in [0.717, 1.165) is 18.0 Å². The Bertz CT molecular complexity index is 281. The lowest BCUT2D eigenvalue weighted by Crippen LogP contribution is -2.44. The molecule has 1 aliphatic carbocycles. The zero-order chi connectivity index (χ0) is 12.5. The summed E-state index contributed by atoms with van der Waals surface area (Å²) < 4.78 is 0. The fraction of sp³-hybridized carbons (Fsp3) is 1.00. The van der Waals surface area contributed by atoms with E-state index in [1.54, 1.807) is 0 Å². The molecule has 0 aromatic heterocycles. The largest absolute Gasteiger partial charge is 0.327 e. The molecule has 4 atom stereocenters. The van der Waals surface area contributed by atoms with Crippen molar-refractivity contribution in [3.8, 4) is 0 Å². The normalized spacial score (nSPS) is 43.0. The maximum absolute atomic E-state index is 6.30. The van der Waals surface area contributed by atoms with Crippen molar-refractivity contribution >= 4 is 0 Å². The molecule has 2 aliphatic heterocycles. The summed E-state index contributed by atoms with van der Waals surface area (Å²) in [7, 11) is 2.33. The van der Waals surface area contributed by atoms with Crippen LogP contribution in [0.2, 0.25) is 0 Å². The number of hydrogen-bond acceptors (Lipinski definition) is 3. The summed E-state index contributed by atoms with van der Waals surface area (Å²) in [6, 6.07) is 2.15. The van der Waals surface area contributed by atoms with Crippen molar-refractivity contribution < 1.29 is 0 Å². The molecule has 104 valence electrons. The van der Waals surface area contributed by atoms with Gasteiger partial charge >= 0.3 is 0 Å². The van der Waals surface area contributed by atoms with E-state index in [9.17, 15) is 0 Å². The van der Waals surface area contributed by atoms with Crippen molar-refractivity contribution in [1.29, 1.82) is 0 Å². The number of likely N-dealkylation sites (N-methyl/N-ethyl adjacent to an activating group) is 1. The van der Waals surface area contributed by atoms with Crippen LogP contribution >= 0.6 is 0 Å². The Kier molecular flexibility index (Phi) is 3.92. The quantitative estimate of drug-likeness (QED) is 0.810. The molecular formula is C15H29N3. The van der Waals surface area contributed by atoms with Crippen molar-refractivity contribution in [3.63, 3.8) is 0 Å². The van der Waals surface area contributed by atoms with Gasteiger partial charge in [-0.2, -0.15) is 0 Å². The average Bonchev–Trinajstić information content (AvgIpc) is 2.60. The third-order valence-corrected chi connectivity index (χ3v) is 5.69. The lowest BCUT2D eigenvalue weighted by atomic mass is 9.84. The van der Waals surface area contributed by atoms with Crippen LogP contribution in [0, 0.1) is 5.92 Å². The van der Waals surface area contributed by atoms with E-state index in [0.29, 0.717) is 6.04 Å². The van der Waals surface area contributed by atoms with E-state index in [1.807, 2.05) is 0 Å². The summed E-state index contributed by atoms with van der Waals surface area (Å²) in [4.78, 5) is 5.36. The summed E-state index contributed by atoms with van der Waals surface area (Å²) in [5.74, 6) is 0.765. The number of rotatable bonds is 2. The molecule has 18 heavy (non-hydrogen) atoms. The Labute approximate surface area is 112 Å². The lowest BCUT2D eigenvalue weighted by molar-refractivity contribution is 0.167. The Morgan fingerprint density at radius 1 is 1.00 bits per heavy atom. The number of nitrogens with zero attached hydrogens (tertiary/aromatic N) is 2. The zero-order valence-corrected chi connectivity index (χ0v) is 11.9. The van der Waals surface area contributed by atoms with E-state index in [1.165, 1.54) is 64.6 Å². The molecule has 0 amide bonds. The van der Waals surface area contributed by atoms with Crippen LogP contribution in [0.4, 0.5) is 0 Å². The van der Waals surface area contributed by atoms with Crippen molar-refractivity contribution in [3.05, 3.63) is 0 Å². The van der Waals surface area contributed by atoms with Crippen LogP contribution in [-0.2, 0) is 0 Å². The SMILES string of the molecule is CN1C2CCC1CN(CC1CCCCC1N)CC2.